The summed E-state index contributed by atoms with van der Waals surface area (Å²) >= 11 is 0. The van der Waals surface area contributed by atoms with Gasteiger partial charge in [-0.05, 0) is 96.4 Å². The van der Waals surface area contributed by atoms with Gasteiger partial charge in [0.05, 0.1) is 12.2 Å². The van der Waals surface area contributed by atoms with Crippen molar-refractivity contribution in [3.63, 3.8) is 0 Å². The molecule has 69 heavy (non-hydrogen) atoms. The number of aliphatic hydroxyl groups is 1. The third-order valence-electron chi connectivity index (χ3n) is 13.1. The molecule has 0 aliphatic carbocycles. The van der Waals surface area contributed by atoms with Crippen molar-refractivity contribution in [3.8, 4) is 0 Å². The predicted octanol–water partition coefficient (Wildman–Crippen LogP) is 13.2. The van der Waals surface area contributed by atoms with Gasteiger partial charge >= 0.3 is 11.9 Å². The Morgan fingerprint density at radius 2 is 1.09 bits per heavy atom. The standard InChI is InChI=1S/C58H97NO9Si/c1-7-8-9-10-11-12-13-18-23-34-43-49(65-51(60)44-35-24-19-14-16-21-28-37-47-39-30-26-31-40-47)56(63)59-53-55(54(62)50(46-64-58(2,3)4)66-57(53)68-69(5)6)67-52(61)45-36-25-20-15-17-22-29-38-48-41-32-27-33-42-48/h26-27,30-33,39-42,49-50,53-55,57,62,69H,7-25,28-29,34-38,43-46H2,1-6H3,(H,59,63)/t49?,50-,53-,54-,55-,57?/m1/s1. The minimum atomic E-state index is -1.80. The molecule has 0 bridgehead atoms. The molecule has 1 fully saturated rings. The Kier molecular flexibility index (Phi) is 32.1. The Morgan fingerprint density at radius 3 is 1.57 bits per heavy atom. The van der Waals surface area contributed by atoms with Crippen LogP contribution >= 0.6 is 0 Å². The van der Waals surface area contributed by atoms with E-state index in [0.717, 1.165) is 83.5 Å². The molecule has 2 N–H and O–H groups in total. The van der Waals surface area contributed by atoms with Crippen molar-refractivity contribution in [2.45, 2.75) is 269 Å². The summed E-state index contributed by atoms with van der Waals surface area (Å²) < 4.78 is 31.0. The number of carbonyl (C=O) groups is 3. The van der Waals surface area contributed by atoms with Crippen LogP contribution in [0.1, 0.15) is 212 Å². The van der Waals surface area contributed by atoms with E-state index in [-0.39, 0.29) is 25.4 Å². The van der Waals surface area contributed by atoms with Crippen molar-refractivity contribution in [3.05, 3.63) is 71.8 Å². The molecule has 0 spiro atoms. The van der Waals surface area contributed by atoms with E-state index in [1.807, 2.05) is 33.9 Å². The summed E-state index contributed by atoms with van der Waals surface area (Å²) in [6.45, 7) is 12.0. The molecule has 6 atom stereocenters. The third-order valence-corrected chi connectivity index (χ3v) is 13.9. The number of carbonyl (C=O) groups excluding carboxylic acids is 3. The molecule has 1 heterocycles. The Labute approximate surface area is 421 Å². The highest BCUT2D eigenvalue weighted by Gasteiger charge is 2.50. The van der Waals surface area contributed by atoms with Gasteiger partial charge in [-0.2, -0.15) is 0 Å². The first-order chi connectivity index (χ1) is 33.4. The summed E-state index contributed by atoms with van der Waals surface area (Å²) in [4.78, 5) is 41.4. The molecule has 2 aromatic carbocycles. The summed E-state index contributed by atoms with van der Waals surface area (Å²) in [5.41, 5.74) is 2.25. The van der Waals surface area contributed by atoms with Gasteiger partial charge in [-0.15, -0.1) is 0 Å². The maximum absolute atomic E-state index is 14.4. The Hall–Kier alpha value is -3.09. The van der Waals surface area contributed by atoms with Crippen LogP contribution in [0.2, 0.25) is 13.1 Å². The molecule has 392 valence electrons. The average molecular weight is 980 g/mol. The number of ether oxygens (including phenoxy) is 4. The molecule has 1 aliphatic heterocycles. The fourth-order valence-electron chi connectivity index (χ4n) is 9.06. The summed E-state index contributed by atoms with van der Waals surface area (Å²) in [5, 5.41) is 14.9. The zero-order chi connectivity index (χ0) is 50.0. The van der Waals surface area contributed by atoms with Crippen molar-refractivity contribution in [1.82, 2.24) is 5.32 Å². The summed E-state index contributed by atoms with van der Waals surface area (Å²) in [6.07, 6.45) is 23.7. The second kappa shape index (κ2) is 36.8. The molecule has 10 nitrogen and oxygen atoms in total. The highest BCUT2D eigenvalue weighted by atomic mass is 28.3. The van der Waals surface area contributed by atoms with Crippen LogP contribution in [-0.4, -0.2) is 80.9 Å². The smallest absolute Gasteiger partial charge is 0.306 e. The minimum Gasteiger partial charge on any atom is -0.457 e. The van der Waals surface area contributed by atoms with Crippen molar-refractivity contribution in [2.24, 2.45) is 0 Å². The molecule has 1 amide bonds. The van der Waals surface area contributed by atoms with Crippen LogP contribution in [0.15, 0.2) is 60.7 Å². The SMILES string of the molecule is CCCCCCCCCCCCC(OC(=O)CCCCCCCCCc1ccccc1)C(=O)N[C@H]1C(O[SiH](C)C)O[C@H](COC(C)(C)C)[C@@H](O)[C@@H]1OC(=O)CCCCCCCCCc1ccccc1. The number of benzene rings is 2. The van der Waals surface area contributed by atoms with Crippen molar-refractivity contribution >= 4 is 26.9 Å². The molecule has 0 radical (unpaired) electrons. The zero-order valence-electron chi connectivity index (χ0n) is 44.2. The minimum absolute atomic E-state index is 0.0392. The molecule has 2 unspecified atom stereocenters. The number of rotatable bonds is 39. The highest BCUT2D eigenvalue weighted by molar-refractivity contribution is 6.48. The van der Waals surface area contributed by atoms with Crippen LogP contribution in [0.4, 0.5) is 0 Å². The molecular formula is C58H97NO9Si. The number of amides is 1. The predicted molar refractivity (Wildman–Crippen MR) is 283 cm³/mol. The van der Waals surface area contributed by atoms with Crippen molar-refractivity contribution in [2.75, 3.05) is 6.61 Å². The molecule has 0 aromatic heterocycles. The lowest BCUT2D eigenvalue weighted by atomic mass is 9.95. The van der Waals surface area contributed by atoms with Gasteiger partial charge in [-0.1, -0.05) is 190 Å². The van der Waals surface area contributed by atoms with E-state index in [2.05, 4.69) is 72.9 Å². The second-order valence-electron chi connectivity index (χ2n) is 21.0. The van der Waals surface area contributed by atoms with E-state index >= 15 is 0 Å². The molecule has 2 aromatic rings. The number of hydrogen-bond acceptors (Lipinski definition) is 9. The van der Waals surface area contributed by atoms with Crippen LogP contribution in [0.3, 0.4) is 0 Å². The largest absolute Gasteiger partial charge is 0.457 e. The Balaban J connectivity index is 1.61. The van der Waals surface area contributed by atoms with Gasteiger partial charge in [-0.25, -0.2) is 0 Å². The zero-order valence-corrected chi connectivity index (χ0v) is 45.4. The Bertz CT molecular complexity index is 1610. The maximum atomic E-state index is 14.4. The van der Waals surface area contributed by atoms with E-state index in [1.165, 1.54) is 81.8 Å². The quantitative estimate of drug-likeness (QED) is 0.0382. The topological polar surface area (TPSA) is 130 Å². The number of esters is 2. The number of nitrogens with one attached hydrogen (secondary N) is 1. The van der Waals surface area contributed by atoms with Gasteiger partial charge in [0.2, 0.25) is 0 Å². The normalized spacial score (nSPS) is 18.8. The molecule has 1 aliphatic rings. The van der Waals surface area contributed by atoms with Gasteiger partial charge < -0.3 is 33.8 Å². The molecule has 11 heteroatoms. The number of aryl methyl sites for hydroxylation is 2. The van der Waals surface area contributed by atoms with Crippen LogP contribution < -0.4 is 5.32 Å². The average Bonchev–Trinajstić information content (AvgIpc) is 3.32. The first kappa shape index (κ1) is 60.2. The lowest BCUT2D eigenvalue weighted by Gasteiger charge is -2.45. The van der Waals surface area contributed by atoms with Gasteiger partial charge in [0.15, 0.2) is 27.5 Å². The first-order valence-corrected chi connectivity index (χ1v) is 30.5. The van der Waals surface area contributed by atoms with Gasteiger partial charge in [0.25, 0.3) is 5.91 Å². The number of unbranched alkanes of at least 4 members (excludes halogenated alkanes) is 21. The van der Waals surface area contributed by atoms with E-state index in [0.29, 0.717) is 19.3 Å². The van der Waals surface area contributed by atoms with Crippen LogP contribution in [0.5, 0.6) is 0 Å². The third kappa shape index (κ3) is 28.5. The van der Waals surface area contributed by atoms with Crippen molar-refractivity contribution < 1.29 is 42.9 Å². The Morgan fingerprint density at radius 1 is 0.638 bits per heavy atom. The monoisotopic (exact) mass is 980 g/mol. The van der Waals surface area contributed by atoms with Crippen LogP contribution in [0.25, 0.3) is 0 Å². The van der Waals surface area contributed by atoms with Gasteiger partial charge in [0.1, 0.15) is 18.2 Å². The number of hydrogen-bond donors (Lipinski definition) is 2. The van der Waals surface area contributed by atoms with E-state index in [1.54, 1.807) is 0 Å². The molecular weight excluding hydrogens is 883 g/mol. The van der Waals surface area contributed by atoms with Crippen LogP contribution in [-0.2, 0) is 50.6 Å². The lowest BCUT2D eigenvalue weighted by Crippen LogP contribution is -2.67. The van der Waals surface area contributed by atoms with E-state index in [4.69, 9.17) is 23.4 Å². The fourth-order valence-corrected chi connectivity index (χ4v) is 9.83. The van der Waals surface area contributed by atoms with Crippen LogP contribution in [0, 0.1) is 0 Å². The van der Waals surface area contributed by atoms with E-state index < -0.39 is 63.3 Å². The number of aliphatic hydroxyl groups excluding tert-OH is 1. The van der Waals surface area contributed by atoms with Gasteiger partial charge in [-0.3, -0.25) is 14.4 Å². The van der Waals surface area contributed by atoms with Gasteiger partial charge in [0, 0.05) is 12.8 Å². The molecule has 3 rings (SSSR count). The van der Waals surface area contributed by atoms with E-state index in [9.17, 15) is 19.5 Å². The maximum Gasteiger partial charge on any atom is 0.306 e. The highest BCUT2D eigenvalue weighted by Crippen LogP contribution is 2.28. The fraction of sp³-hybridized carbons (Fsp3) is 0.741. The summed E-state index contributed by atoms with van der Waals surface area (Å²) in [7, 11) is -1.80. The summed E-state index contributed by atoms with van der Waals surface area (Å²) in [5.74, 6) is -1.33. The lowest BCUT2D eigenvalue weighted by molar-refractivity contribution is -0.259. The molecule has 1 saturated heterocycles. The molecule has 0 saturated carbocycles. The summed E-state index contributed by atoms with van der Waals surface area (Å²) in [6, 6.07) is 20.2. The first-order valence-electron chi connectivity index (χ1n) is 27.8. The van der Waals surface area contributed by atoms with Crippen molar-refractivity contribution in [1.29, 1.82) is 0 Å². The second-order valence-corrected chi connectivity index (χ2v) is 23.4.